The van der Waals surface area contributed by atoms with Crippen LogP contribution in [-0.2, 0) is 28.6 Å². The minimum absolute atomic E-state index is 0.0798. The molecule has 0 heterocycles. The van der Waals surface area contributed by atoms with Crippen molar-refractivity contribution in [2.24, 2.45) is 0 Å². The third kappa shape index (κ3) is 36.9. The highest BCUT2D eigenvalue weighted by molar-refractivity contribution is 5.71. The summed E-state index contributed by atoms with van der Waals surface area (Å²) < 4.78 is 16.6. The zero-order valence-corrected chi connectivity index (χ0v) is 32.9. The minimum Gasteiger partial charge on any atom is -0.462 e. The van der Waals surface area contributed by atoms with E-state index in [1.807, 2.05) is 0 Å². The molecule has 290 valence electrons. The summed E-state index contributed by atoms with van der Waals surface area (Å²) in [6.45, 7) is 6.47. The van der Waals surface area contributed by atoms with Crippen LogP contribution in [0.3, 0.4) is 0 Å². The fraction of sp³-hybridized carbons (Fsp3) is 0.795. The van der Waals surface area contributed by atoms with Crippen molar-refractivity contribution in [3.8, 4) is 0 Å². The van der Waals surface area contributed by atoms with E-state index in [2.05, 4.69) is 57.2 Å². The molecule has 0 rings (SSSR count). The van der Waals surface area contributed by atoms with Crippen LogP contribution < -0.4 is 0 Å². The van der Waals surface area contributed by atoms with Gasteiger partial charge in [-0.05, 0) is 70.6 Å². The van der Waals surface area contributed by atoms with Crippen molar-refractivity contribution in [3.05, 3.63) is 36.5 Å². The van der Waals surface area contributed by atoms with Crippen molar-refractivity contribution in [1.29, 1.82) is 0 Å². The van der Waals surface area contributed by atoms with Gasteiger partial charge >= 0.3 is 17.9 Å². The molecule has 0 aromatic heterocycles. The molecule has 0 bridgehead atoms. The van der Waals surface area contributed by atoms with Gasteiger partial charge in [-0.25, -0.2) is 0 Å². The summed E-state index contributed by atoms with van der Waals surface area (Å²) in [6.07, 6.45) is 42.8. The fourth-order valence-electron chi connectivity index (χ4n) is 5.65. The van der Waals surface area contributed by atoms with Crippen LogP contribution in [0, 0.1) is 0 Å². The zero-order chi connectivity index (χ0) is 36.6. The third-order valence-corrected chi connectivity index (χ3v) is 8.85. The first-order valence-electron chi connectivity index (χ1n) is 21.0. The van der Waals surface area contributed by atoms with Crippen molar-refractivity contribution in [2.75, 3.05) is 13.2 Å². The topological polar surface area (TPSA) is 78.9 Å². The Balaban J connectivity index is 4.34. The van der Waals surface area contributed by atoms with Crippen LogP contribution >= 0.6 is 0 Å². The Morgan fingerprint density at radius 2 is 0.760 bits per heavy atom. The molecule has 1 atom stereocenters. The van der Waals surface area contributed by atoms with Crippen LogP contribution in [0.15, 0.2) is 36.5 Å². The Labute approximate surface area is 308 Å². The molecule has 0 aliphatic rings. The molecule has 0 amide bonds. The molecule has 0 aliphatic heterocycles. The molecule has 0 aliphatic carbocycles. The number of carbonyl (C=O) groups is 3. The summed E-state index contributed by atoms with van der Waals surface area (Å²) in [7, 11) is 0. The molecule has 0 saturated carbocycles. The maximum Gasteiger partial charge on any atom is 0.306 e. The molecule has 0 aromatic carbocycles. The van der Waals surface area contributed by atoms with Crippen LogP contribution in [-0.4, -0.2) is 37.2 Å². The van der Waals surface area contributed by atoms with Crippen molar-refractivity contribution in [3.63, 3.8) is 0 Å². The predicted molar refractivity (Wildman–Crippen MR) is 210 cm³/mol. The average Bonchev–Trinajstić information content (AvgIpc) is 3.11. The summed E-state index contributed by atoms with van der Waals surface area (Å²) in [4.78, 5) is 37.4. The van der Waals surface area contributed by atoms with Crippen molar-refractivity contribution >= 4 is 17.9 Å². The maximum absolute atomic E-state index is 12.6. The summed E-state index contributed by atoms with van der Waals surface area (Å²) in [5.74, 6) is -0.915. The Bertz CT molecular complexity index is 861. The van der Waals surface area contributed by atoms with Gasteiger partial charge in [-0.15, -0.1) is 0 Å². The van der Waals surface area contributed by atoms with E-state index in [-0.39, 0.29) is 31.1 Å². The number of rotatable bonds is 37. The van der Waals surface area contributed by atoms with Gasteiger partial charge in [-0.1, -0.05) is 154 Å². The standard InChI is InChI=1S/C44H78O6/c1-4-7-10-13-16-18-20-21-22-23-24-26-28-31-34-37-43(46)49-40-41(39-48-42(45)36-33-30-27-15-12-9-6-3)50-44(47)38-35-32-29-25-19-17-14-11-8-5-2/h11,14,16,18,21-22,41H,4-10,12-13,15,17,19-20,23-40H2,1-3H3/b14-11-,18-16-,22-21-. The minimum atomic E-state index is -0.774. The molecule has 0 N–H and O–H groups in total. The maximum atomic E-state index is 12.6. The highest BCUT2D eigenvalue weighted by Gasteiger charge is 2.19. The Morgan fingerprint density at radius 1 is 0.400 bits per heavy atom. The van der Waals surface area contributed by atoms with Gasteiger partial charge in [0.15, 0.2) is 6.10 Å². The second kappa shape index (κ2) is 39.4. The van der Waals surface area contributed by atoms with Crippen LogP contribution in [0.1, 0.15) is 207 Å². The lowest BCUT2D eigenvalue weighted by molar-refractivity contribution is -0.167. The van der Waals surface area contributed by atoms with E-state index >= 15 is 0 Å². The molecular weight excluding hydrogens is 624 g/mol. The molecule has 0 radical (unpaired) electrons. The molecule has 6 heteroatoms. The van der Waals surface area contributed by atoms with Gasteiger partial charge in [0.25, 0.3) is 0 Å². The summed E-state index contributed by atoms with van der Waals surface area (Å²) in [6, 6.07) is 0. The van der Waals surface area contributed by atoms with Gasteiger partial charge in [0.1, 0.15) is 13.2 Å². The largest absolute Gasteiger partial charge is 0.462 e. The second-order valence-electron chi connectivity index (χ2n) is 13.9. The van der Waals surface area contributed by atoms with Crippen molar-refractivity contribution in [1.82, 2.24) is 0 Å². The molecule has 6 nitrogen and oxygen atoms in total. The first-order chi connectivity index (χ1) is 24.5. The van der Waals surface area contributed by atoms with E-state index in [1.54, 1.807) is 0 Å². The number of hydrogen-bond donors (Lipinski definition) is 0. The van der Waals surface area contributed by atoms with Crippen LogP contribution in [0.4, 0.5) is 0 Å². The van der Waals surface area contributed by atoms with E-state index in [4.69, 9.17) is 14.2 Å². The second-order valence-corrected chi connectivity index (χ2v) is 13.9. The van der Waals surface area contributed by atoms with Gasteiger partial charge in [0, 0.05) is 19.3 Å². The summed E-state index contributed by atoms with van der Waals surface area (Å²) in [5.41, 5.74) is 0. The monoisotopic (exact) mass is 703 g/mol. The molecule has 0 aromatic rings. The van der Waals surface area contributed by atoms with Gasteiger partial charge in [0.05, 0.1) is 0 Å². The molecule has 0 fully saturated rings. The lowest BCUT2D eigenvalue weighted by atomic mass is 10.1. The lowest BCUT2D eigenvalue weighted by Gasteiger charge is -2.18. The molecule has 1 unspecified atom stereocenters. The lowest BCUT2D eigenvalue weighted by Crippen LogP contribution is -2.30. The normalized spacial score (nSPS) is 12.3. The van der Waals surface area contributed by atoms with Crippen LogP contribution in [0.25, 0.3) is 0 Å². The van der Waals surface area contributed by atoms with Crippen molar-refractivity contribution in [2.45, 2.75) is 213 Å². The highest BCUT2D eigenvalue weighted by atomic mass is 16.6. The Hall–Kier alpha value is -2.37. The van der Waals surface area contributed by atoms with E-state index < -0.39 is 6.10 Å². The predicted octanol–water partition coefficient (Wildman–Crippen LogP) is 13.0. The fourth-order valence-corrected chi connectivity index (χ4v) is 5.65. The first-order valence-corrected chi connectivity index (χ1v) is 21.0. The van der Waals surface area contributed by atoms with Gasteiger partial charge in [-0.2, -0.15) is 0 Å². The number of hydrogen-bond acceptors (Lipinski definition) is 6. The molecule has 50 heavy (non-hydrogen) atoms. The summed E-state index contributed by atoms with van der Waals surface area (Å²) >= 11 is 0. The van der Waals surface area contributed by atoms with E-state index in [0.29, 0.717) is 19.3 Å². The SMILES string of the molecule is CCC/C=C\CCCCCCCC(=O)OC(COC(=O)CCCCCCC/C=C\C/C=C\CCCCC)COC(=O)CCCCCCCCC. The Morgan fingerprint density at radius 3 is 1.24 bits per heavy atom. The highest BCUT2D eigenvalue weighted by Crippen LogP contribution is 2.13. The van der Waals surface area contributed by atoms with E-state index in [1.165, 1.54) is 70.6 Å². The van der Waals surface area contributed by atoms with Crippen molar-refractivity contribution < 1.29 is 28.6 Å². The van der Waals surface area contributed by atoms with Crippen LogP contribution in [0.2, 0.25) is 0 Å². The molecule has 0 spiro atoms. The first kappa shape index (κ1) is 47.6. The van der Waals surface area contributed by atoms with Crippen LogP contribution in [0.5, 0.6) is 0 Å². The molecular formula is C44H78O6. The number of esters is 3. The van der Waals surface area contributed by atoms with Gasteiger partial charge < -0.3 is 14.2 Å². The zero-order valence-electron chi connectivity index (χ0n) is 32.9. The Kier molecular flexibility index (Phi) is 37.5. The average molecular weight is 703 g/mol. The number of ether oxygens (including phenoxy) is 3. The smallest absolute Gasteiger partial charge is 0.306 e. The van der Waals surface area contributed by atoms with E-state index in [0.717, 1.165) is 96.3 Å². The number of carbonyl (C=O) groups excluding carboxylic acids is 3. The summed E-state index contributed by atoms with van der Waals surface area (Å²) in [5, 5.41) is 0. The van der Waals surface area contributed by atoms with Gasteiger partial charge in [0.2, 0.25) is 0 Å². The third-order valence-electron chi connectivity index (χ3n) is 8.85. The van der Waals surface area contributed by atoms with E-state index in [9.17, 15) is 14.4 Å². The van der Waals surface area contributed by atoms with Gasteiger partial charge in [-0.3, -0.25) is 14.4 Å². The number of unbranched alkanes of at least 4 members (excludes halogenated alkanes) is 20. The molecule has 0 saturated heterocycles. The number of allylic oxidation sites excluding steroid dienone is 6. The quantitative estimate of drug-likeness (QED) is 0.0277.